The molecule has 142 valence electrons. The Kier molecular flexibility index (Phi) is 7.02. The fraction of sp³-hybridized carbons (Fsp3) is 0.684. The van der Waals surface area contributed by atoms with Gasteiger partial charge in [0.1, 0.15) is 0 Å². The van der Waals surface area contributed by atoms with Crippen LogP contribution in [0.15, 0.2) is 29.2 Å². The number of sulfonamides is 1. The number of hydrogen-bond donors (Lipinski definition) is 1. The Labute approximate surface area is 152 Å². The molecule has 0 spiro atoms. The van der Waals surface area contributed by atoms with Gasteiger partial charge in [-0.15, -0.1) is 0 Å². The van der Waals surface area contributed by atoms with Crippen molar-refractivity contribution in [2.24, 2.45) is 5.41 Å². The smallest absolute Gasteiger partial charge is 0.243 e. The Bertz CT molecular complexity index is 633. The number of piperidine rings is 1. The van der Waals surface area contributed by atoms with E-state index >= 15 is 0 Å². The van der Waals surface area contributed by atoms with Gasteiger partial charge in [0.25, 0.3) is 0 Å². The van der Waals surface area contributed by atoms with Crippen LogP contribution in [0.4, 0.5) is 0 Å². The normalized spacial score (nSPS) is 18.6. The number of benzene rings is 1. The predicted molar refractivity (Wildman–Crippen MR) is 101 cm³/mol. The molecular weight excluding hydrogens is 336 g/mol. The largest absolute Gasteiger partial charge is 0.396 e. The van der Waals surface area contributed by atoms with Crippen molar-refractivity contribution < 1.29 is 13.5 Å². The summed E-state index contributed by atoms with van der Waals surface area (Å²) in [7, 11) is 0.525. The Morgan fingerprint density at radius 2 is 1.76 bits per heavy atom. The standard InChI is InChI=1S/C19H32N2O3S/c1-4-5-6-17-7-9-18(10-8-17)25(23,24)21-13-11-19(16-22,12-14-21)15-20(2)3/h7-10,22H,4-6,11-16H2,1-3H3. The quantitative estimate of drug-likeness (QED) is 0.765. The van der Waals surface area contributed by atoms with Crippen LogP contribution in [0.3, 0.4) is 0 Å². The van der Waals surface area contributed by atoms with Crippen LogP contribution < -0.4 is 0 Å². The summed E-state index contributed by atoms with van der Waals surface area (Å²) in [6, 6.07) is 7.31. The molecule has 1 fully saturated rings. The number of rotatable bonds is 8. The Balaban J connectivity index is 2.06. The molecule has 1 aliphatic heterocycles. The second-order valence-electron chi connectivity index (χ2n) is 7.55. The molecule has 1 heterocycles. The first-order chi connectivity index (χ1) is 11.8. The van der Waals surface area contributed by atoms with Gasteiger partial charge in [-0.3, -0.25) is 0 Å². The fourth-order valence-corrected chi connectivity index (χ4v) is 5.04. The first-order valence-corrected chi connectivity index (χ1v) is 10.6. The third-order valence-corrected chi connectivity index (χ3v) is 7.06. The Hall–Kier alpha value is -0.950. The zero-order valence-corrected chi connectivity index (χ0v) is 16.6. The SMILES string of the molecule is CCCCc1ccc(S(=O)(=O)N2CCC(CO)(CN(C)C)CC2)cc1. The molecule has 0 bridgehead atoms. The minimum atomic E-state index is -3.45. The highest BCUT2D eigenvalue weighted by Gasteiger charge is 2.38. The second-order valence-corrected chi connectivity index (χ2v) is 9.49. The molecule has 0 aliphatic carbocycles. The molecule has 0 atom stereocenters. The van der Waals surface area contributed by atoms with Crippen LogP contribution in [0.1, 0.15) is 38.2 Å². The van der Waals surface area contributed by atoms with Gasteiger partial charge in [0.2, 0.25) is 10.0 Å². The number of aliphatic hydroxyl groups excluding tert-OH is 1. The van der Waals surface area contributed by atoms with Crippen LogP contribution in [0.5, 0.6) is 0 Å². The molecule has 6 heteroatoms. The van der Waals surface area contributed by atoms with Gasteiger partial charge in [0, 0.05) is 25.0 Å². The minimum absolute atomic E-state index is 0.102. The Morgan fingerprint density at radius 3 is 2.24 bits per heavy atom. The summed E-state index contributed by atoms with van der Waals surface area (Å²) in [5.74, 6) is 0. The maximum absolute atomic E-state index is 12.9. The topological polar surface area (TPSA) is 60.9 Å². The van der Waals surface area contributed by atoms with Crippen LogP contribution >= 0.6 is 0 Å². The predicted octanol–water partition coefficient (Wildman–Crippen LogP) is 2.35. The highest BCUT2D eigenvalue weighted by atomic mass is 32.2. The maximum Gasteiger partial charge on any atom is 0.243 e. The van der Waals surface area contributed by atoms with Crippen molar-refractivity contribution >= 4 is 10.0 Å². The molecule has 1 N–H and O–H groups in total. The summed E-state index contributed by atoms with van der Waals surface area (Å²) >= 11 is 0. The van der Waals surface area contributed by atoms with Gasteiger partial charge in [-0.1, -0.05) is 25.5 Å². The summed E-state index contributed by atoms with van der Waals surface area (Å²) in [6.07, 6.45) is 4.62. The van der Waals surface area contributed by atoms with Crippen molar-refractivity contribution in [3.8, 4) is 0 Å². The van der Waals surface area contributed by atoms with Gasteiger partial charge in [-0.05, 0) is 57.5 Å². The molecule has 0 amide bonds. The molecule has 1 aromatic rings. The average Bonchev–Trinajstić information content (AvgIpc) is 2.60. The van der Waals surface area contributed by atoms with E-state index in [4.69, 9.17) is 0 Å². The fourth-order valence-electron chi connectivity index (χ4n) is 3.60. The van der Waals surface area contributed by atoms with E-state index in [1.54, 1.807) is 16.4 Å². The number of aliphatic hydroxyl groups is 1. The van der Waals surface area contributed by atoms with E-state index < -0.39 is 10.0 Å². The summed E-state index contributed by atoms with van der Waals surface area (Å²) in [5, 5.41) is 9.80. The van der Waals surface area contributed by atoms with Gasteiger partial charge >= 0.3 is 0 Å². The highest BCUT2D eigenvalue weighted by Crippen LogP contribution is 2.34. The van der Waals surface area contributed by atoms with Crippen LogP contribution in [0.25, 0.3) is 0 Å². The van der Waals surface area contributed by atoms with Crippen molar-refractivity contribution in [2.45, 2.75) is 43.9 Å². The van der Waals surface area contributed by atoms with Crippen LogP contribution in [-0.4, -0.2) is 63.1 Å². The van der Waals surface area contributed by atoms with E-state index in [0.29, 0.717) is 30.8 Å². The van der Waals surface area contributed by atoms with E-state index in [2.05, 4.69) is 11.8 Å². The minimum Gasteiger partial charge on any atom is -0.396 e. The molecule has 0 radical (unpaired) electrons. The number of aryl methyl sites for hydroxylation is 1. The first-order valence-electron chi connectivity index (χ1n) is 9.18. The average molecular weight is 369 g/mol. The zero-order chi connectivity index (χ0) is 18.5. The van der Waals surface area contributed by atoms with Crippen molar-refractivity contribution in [3.63, 3.8) is 0 Å². The summed E-state index contributed by atoms with van der Waals surface area (Å²) in [5.41, 5.74) is 0.990. The number of hydrogen-bond acceptors (Lipinski definition) is 4. The van der Waals surface area contributed by atoms with E-state index in [1.807, 2.05) is 26.2 Å². The van der Waals surface area contributed by atoms with Gasteiger partial charge in [-0.2, -0.15) is 4.31 Å². The number of nitrogens with zero attached hydrogens (tertiary/aromatic N) is 2. The first kappa shape index (κ1) is 20.4. The molecule has 25 heavy (non-hydrogen) atoms. The molecular formula is C19H32N2O3S. The van der Waals surface area contributed by atoms with E-state index in [9.17, 15) is 13.5 Å². The van der Waals surface area contributed by atoms with E-state index in [1.165, 1.54) is 5.56 Å². The molecule has 1 saturated heterocycles. The molecule has 1 aromatic carbocycles. The lowest BCUT2D eigenvalue weighted by Gasteiger charge is -2.41. The van der Waals surface area contributed by atoms with E-state index in [-0.39, 0.29) is 12.0 Å². The van der Waals surface area contributed by atoms with Gasteiger partial charge in [-0.25, -0.2) is 8.42 Å². The van der Waals surface area contributed by atoms with Crippen molar-refractivity contribution in [3.05, 3.63) is 29.8 Å². The summed E-state index contributed by atoms with van der Waals surface area (Å²) in [4.78, 5) is 2.44. The molecule has 1 aliphatic rings. The maximum atomic E-state index is 12.9. The molecule has 2 rings (SSSR count). The van der Waals surface area contributed by atoms with Crippen molar-refractivity contribution in [2.75, 3.05) is 40.3 Å². The van der Waals surface area contributed by atoms with Gasteiger partial charge in [0.05, 0.1) is 11.5 Å². The van der Waals surface area contributed by atoms with Crippen LogP contribution in [0, 0.1) is 5.41 Å². The molecule has 0 saturated carbocycles. The lowest BCUT2D eigenvalue weighted by molar-refractivity contribution is 0.0442. The third-order valence-electron chi connectivity index (χ3n) is 5.15. The van der Waals surface area contributed by atoms with Crippen LogP contribution in [-0.2, 0) is 16.4 Å². The third kappa shape index (κ3) is 5.03. The Morgan fingerprint density at radius 1 is 1.16 bits per heavy atom. The molecule has 5 nitrogen and oxygen atoms in total. The van der Waals surface area contributed by atoms with Gasteiger partial charge < -0.3 is 10.0 Å². The summed E-state index contributed by atoms with van der Waals surface area (Å²) < 4.78 is 27.3. The zero-order valence-electron chi connectivity index (χ0n) is 15.7. The lowest BCUT2D eigenvalue weighted by Crippen LogP contribution is -2.48. The van der Waals surface area contributed by atoms with E-state index in [0.717, 1.165) is 25.8 Å². The highest BCUT2D eigenvalue weighted by molar-refractivity contribution is 7.89. The summed E-state index contributed by atoms with van der Waals surface area (Å²) in [6.45, 7) is 3.97. The van der Waals surface area contributed by atoms with Crippen LogP contribution in [0.2, 0.25) is 0 Å². The lowest BCUT2D eigenvalue weighted by atomic mass is 9.79. The number of unbranched alkanes of at least 4 members (excludes halogenated alkanes) is 1. The molecule has 0 unspecified atom stereocenters. The second kappa shape index (κ2) is 8.62. The van der Waals surface area contributed by atoms with Crippen molar-refractivity contribution in [1.29, 1.82) is 0 Å². The molecule has 0 aromatic heterocycles. The monoisotopic (exact) mass is 368 g/mol. The van der Waals surface area contributed by atoms with Gasteiger partial charge in [0.15, 0.2) is 0 Å². The van der Waals surface area contributed by atoms with Crippen molar-refractivity contribution in [1.82, 2.24) is 9.21 Å².